The van der Waals surface area contributed by atoms with Crippen LogP contribution in [0.4, 0.5) is 0 Å². The molecule has 68 valence electrons. The smallest absolute Gasteiger partial charge is 0.0141 e. The molecule has 0 nitrogen and oxygen atoms in total. The summed E-state index contributed by atoms with van der Waals surface area (Å²) in [6.07, 6.45) is 2.21. The molecular formula is C10H22S. The molecule has 0 spiro atoms. The maximum atomic E-state index is 2.32. The van der Waals surface area contributed by atoms with E-state index in [9.17, 15) is 0 Å². The first-order chi connectivity index (χ1) is 4.69. The Morgan fingerprint density at radius 1 is 0.818 bits per heavy atom. The zero-order valence-corrected chi connectivity index (χ0v) is 9.80. The molecule has 0 aliphatic carbocycles. The van der Waals surface area contributed by atoms with Crippen molar-refractivity contribution in [1.82, 2.24) is 0 Å². The normalized spacial score (nSPS) is 14.2. The van der Waals surface area contributed by atoms with Crippen molar-refractivity contribution in [3.8, 4) is 0 Å². The van der Waals surface area contributed by atoms with Crippen molar-refractivity contribution in [2.45, 2.75) is 46.8 Å². The average molecular weight is 174 g/mol. The van der Waals surface area contributed by atoms with E-state index in [1.165, 1.54) is 0 Å². The maximum absolute atomic E-state index is 2.32. The van der Waals surface area contributed by atoms with E-state index in [0.29, 0.717) is 10.8 Å². The third-order valence-electron chi connectivity index (χ3n) is 1.81. The summed E-state index contributed by atoms with van der Waals surface area (Å²) in [5.41, 5.74) is 0.829. The fourth-order valence-corrected chi connectivity index (χ4v) is 3.42. The van der Waals surface area contributed by atoms with Crippen molar-refractivity contribution in [3.05, 3.63) is 0 Å². The molecule has 0 aliphatic heterocycles. The summed E-state index contributed by atoms with van der Waals surface area (Å²) in [5.74, 6) is 0. The Labute approximate surface area is 76.1 Å². The first-order valence-electron chi connectivity index (χ1n) is 4.22. The highest BCUT2D eigenvalue weighted by molar-refractivity contribution is 7.99. The zero-order chi connectivity index (χ0) is 9.28. The molecule has 0 atom stereocenters. The second kappa shape index (κ2) is 3.38. The van der Waals surface area contributed by atoms with Gasteiger partial charge in [-0.15, -0.1) is 0 Å². The van der Waals surface area contributed by atoms with Crippen molar-refractivity contribution in [2.24, 2.45) is 10.8 Å². The van der Waals surface area contributed by atoms with Gasteiger partial charge in [0.05, 0.1) is 0 Å². The lowest BCUT2D eigenvalue weighted by Gasteiger charge is -2.39. The molecule has 0 fully saturated rings. The summed E-state index contributed by atoms with van der Waals surface area (Å²) in [5, 5.41) is 0.731. The van der Waals surface area contributed by atoms with Crippen LogP contribution in [-0.2, 0) is 0 Å². The number of hydrogen-bond donors (Lipinski definition) is 0. The average Bonchev–Trinajstić information content (AvgIpc) is 1.56. The summed E-state index contributed by atoms with van der Waals surface area (Å²) in [6.45, 7) is 13.9. The lowest BCUT2D eigenvalue weighted by atomic mass is 9.77. The van der Waals surface area contributed by atoms with Crippen LogP contribution < -0.4 is 0 Å². The van der Waals surface area contributed by atoms with Gasteiger partial charge in [-0.25, -0.2) is 0 Å². The summed E-state index contributed by atoms with van der Waals surface area (Å²) >= 11 is 1.98. The van der Waals surface area contributed by atoms with Gasteiger partial charge in [-0.2, -0.15) is 11.8 Å². The Kier molecular flexibility index (Phi) is 3.49. The summed E-state index contributed by atoms with van der Waals surface area (Å²) in [6, 6.07) is 0. The van der Waals surface area contributed by atoms with Gasteiger partial charge < -0.3 is 0 Å². The number of thioether (sulfide) groups is 1. The van der Waals surface area contributed by atoms with Crippen LogP contribution in [-0.4, -0.2) is 11.5 Å². The molecule has 11 heavy (non-hydrogen) atoms. The molecule has 0 saturated heterocycles. The molecule has 0 heterocycles. The van der Waals surface area contributed by atoms with Crippen LogP contribution in [0.25, 0.3) is 0 Å². The maximum Gasteiger partial charge on any atom is 0.0141 e. The van der Waals surface area contributed by atoms with E-state index in [-0.39, 0.29) is 0 Å². The van der Waals surface area contributed by atoms with Crippen LogP contribution in [0, 0.1) is 10.8 Å². The second-order valence-electron chi connectivity index (χ2n) is 5.35. The molecule has 0 aromatic rings. The highest BCUT2D eigenvalue weighted by Gasteiger charge is 2.33. The fraction of sp³-hybridized carbons (Fsp3) is 1.00. The Hall–Kier alpha value is 0.350. The van der Waals surface area contributed by atoms with Gasteiger partial charge in [0.2, 0.25) is 0 Å². The minimum Gasteiger partial charge on any atom is -0.161 e. The molecule has 0 radical (unpaired) electrons. The molecule has 0 rings (SSSR count). The van der Waals surface area contributed by atoms with E-state index in [4.69, 9.17) is 0 Å². The van der Waals surface area contributed by atoms with Crippen LogP contribution >= 0.6 is 11.8 Å². The zero-order valence-electron chi connectivity index (χ0n) is 8.99. The van der Waals surface area contributed by atoms with Crippen molar-refractivity contribution in [1.29, 1.82) is 0 Å². The van der Waals surface area contributed by atoms with E-state index >= 15 is 0 Å². The van der Waals surface area contributed by atoms with E-state index in [2.05, 4.69) is 47.8 Å². The first kappa shape index (κ1) is 11.4. The number of rotatable bonds is 1. The predicted molar refractivity (Wildman–Crippen MR) is 56.2 cm³/mol. The third-order valence-corrected chi connectivity index (χ3v) is 3.69. The Bertz CT molecular complexity index is 99.8. The molecule has 0 unspecified atom stereocenters. The highest BCUT2D eigenvalue weighted by Crippen LogP contribution is 2.40. The van der Waals surface area contributed by atoms with Crippen molar-refractivity contribution in [3.63, 3.8) is 0 Å². The molecule has 0 aromatic heterocycles. The third kappa shape index (κ3) is 3.50. The lowest BCUT2D eigenvalue weighted by molar-refractivity contribution is 0.250. The fourth-order valence-electron chi connectivity index (χ4n) is 2.01. The van der Waals surface area contributed by atoms with Crippen LogP contribution in [0.2, 0.25) is 0 Å². The molecule has 0 aromatic carbocycles. The lowest BCUT2D eigenvalue weighted by Crippen LogP contribution is -2.35. The minimum atomic E-state index is 0.414. The van der Waals surface area contributed by atoms with Crippen LogP contribution in [0.15, 0.2) is 0 Å². The molecule has 0 amide bonds. The monoisotopic (exact) mass is 174 g/mol. The largest absolute Gasteiger partial charge is 0.161 e. The molecule has 1 heteroatoms. The van der Waals surface area contributed by atoms with E-state index in [1.807, 2.05) is 11.8 Å². The van der Waals surface area contributed by atoms with E-state index in [1.54, 1.807) is 0 Å². The first-order valence-corrected chi connectivity index (χ1v) is 5.51. The van der Waals surface area contributed by atoms with Gasteiger partial charge in [-0.1, -0.05) is 41.5 Å². The number of hydrogen-bond acceptors (Lipinski definition) is 1. The minimum absolute atomic E-state index is 0.414. The second-order valence-corrected chi connectivity index (χ2v) is 6.29. The van der Waals surface area contributed by atoms with Crippen molar-refractivity contribution in [2.75, 3.05) is 6.26 Å². The van der Waals surface area contributed by atoms with Gasteiger partial charge in [0.1, 0.15) is 0 Å². The van der Waals surface area contributed by atoms with Gasteiger partial charge in [0, 0.05) is 5.25 Å². The standard InChI is InChI=1S/C10H22S/c1-9(2,3)8(11-7)10(4,5)6/h8H,1-7H3. The Balaban J connectivity index is 4.43. The SMILES string of the molecule is CSC(C(C)(C)C)C(C)(C)C. The summed E-state index contributed by atoms with van der Waals surface area (Å²) in [7, 11) is 0. The Morgan fingerprint density at radius 2 is 1.09 bits per heavy atom. The van der Waals surface area contributed by atoms with Gasteiger partial charge in [-0.3, -0.25) is 0 Å². The predicted octanol–water partition coefficient (Wildman–Crippen LogP) is 3.81. The molecule has 0 bridgehead atoms. The molecule has 0 saturated carbocycles. The quantitative estimate of drug-likeness (QED) is 0.582. The van der Waals surface area contributed by atoms with E-state index in [0.717, 1.165) is 5.25 Å². The molecule has 0 aliphatic rings. The van der Waals surface area contributed by atoms with Crippen molar-refractivity contribution >= 4 is 11.8 Å². The van der Waals surface area contributed by atoms with Gasteiger partial charge in [-0.05, 0) is 17.1 Å². The molecular weight excluding hydrogens is 152 g/mol. The summed E-state index contributed by atoms with van der Waals surface area (Å²) < 4.78 is 0. The van der Waals surface area contributed by atoms with Gasteiger partial charge in [0.15, 0.2) is 0 Å². The van der Waals surface area contributed by atoms with Gasteiger partial charge >= 0.3 is 0 Å². The topological polar surface area (TPSA) is 0 Å². The summed E-state index contributed by atoms with van der Waals surface area (Å²) in [4.78, 5) is 0. The molecule has 0 N–H and O–H groups in total. The van der Waals surface area contributed by atoms with Crippen molar-refractivity contribution < 1.29 is 0 Å². The van der Waals surface area contributed by atoms with Crippen LogP contribution in [0.1, 0.15) is 41.5 Å². The Morgan fingerprint density at radius 3 is 1.09 bits per heavy atom. The van der Waals surface area contributed by atoms with Gasteiger partial charge in [0.25, 0.3) is 0 Å². The van der Waals surface area contributed by atoms with Crippen LogP contribution in [0.5, 0.6) is 0 Å². The highest BCUT2D eigenvalue weighted by atomic mass is 32.2. The van der Waals surface area contributed by atoms with Crippen LogP contribution in [0.3, 0.4) is 0 Å². The van der Waals surface area contributed by atoms with E-state index < -0.39 is 0 Å².